The van der Waals surface area contributed by atoms with Crippen LogP contribution >= 0.6 is 0 Å². The monoisotopic (exact) mass is 312 g/mol. The summed E-state index contributed by atoms with van der Waals surface area (Å²) in [6.45, 7) is 4.04. The Morgan fingerprint density at radius 1 is 1.18 bits per heavy atom. The van der Waals surface area contributed by atoms with E-state index in [1.807, 2.05) is 13.8 Å². The van der Waals surface area contributed by atoms with Gasteiger partial charge in [0.1, 0.15) is 5.69 Å². The van der Waals surface area contributed by atoms with E-state index in [9.17, 15) is 13.2 Å². The van der Waals surface area contributed by atoms with Crippen molar-refractivity contribution in [3.63, 3.8) is 0 Å². The fourth-order valence-electron chi connectivity index (χ4n) is 1.61. The predicted molar refractivity (Wildman–Crippen MR) is 74.4 cm³/mol. The van der Waals surface area contributed by atoms with Crippen molar-refractivity contribution in [1.29, 1.82) is 0 Å². The first kappa shape index (κ1) is 16.0. The van der Waals surface area contributed by atoms with Crippen molar-refractivity contribution in [3.8, 4) is 5.88 Å². The molecule has 0 amide bonds. The number of aromatic nitrogens is 3. The Kier molecular flexibility index (Phi) is 4.79. The third-order valence-electron chi connectivity index (χ3n) is 2.55. The quantitative estimate of drug-likeness (QED) is 0.918. The van der Waals surface area contributed by atoms with Crippen molar-refractivity contribution in [1.82, 2.24) is 15.0 Å². The van der Waals surface area contributed by atoms with Gasteiger partial charge in [-0.2, -0.15) is 13.2 Å². The number of alkyl halides is 3. The molecule has 2 heterocycles. The number of halogens is 3. The van der Waals surface area contributed by atoms with E-state index < -0.39 is 11.9 Å². The molecule has 5 nitrogen and oxygen atoms in total. The van der Waals surface area contributed by atoms with Gasteiger partial charge in [0, 0.05) is 25.0 Å². The molecule has 2 rings (SSSR count). The zero-order valence-corrected chi connectivity index (χ0v) is 12.1. The lowest BCUT2D eigenvalue weighted by Gasteiger charge is -2.10. The van der Waals surface area contributed by atoms with Gasteiger partial charge in [0.25, 0.3) is 0 Å². The van der Waals surface area contributed by atoms with Crippen LogP contribution in [0.25, 0.3) is 0 Å². The van der Waals surface area contributed by atoms with Crippen molar-refractivity contribution >= 4 is 5.95 Å². The molecule has 8 heteroatoms. The summed E-state index contributed by atoms with van der Waals surface area (Å²) in [6, 6.07) is 4.29. The third-order valence-corrected chi connectivity index (χ3v) is 2.55. The van der Waals surface area contributed by atoms with E-state index in [-0.39, 0.29) is 18.6 Å². The summed E-state index contributed by atoms with van der Waals surface area (Å²) in [5.41, 5.74) is -0.207. The Morgan fingerprint density at radius 2 is 1.95 bits per heavy atom. The first-order valence-electron chi connectivity index (χ1n) is 6.60. The Balaban J connectivity index is 1.98. The van der Waals surface area contributed by atoms with Gasteiger partial charge in [-0.05, 0) is 25.5 Å². The Labute approximate surface area is 125 Å². The fraction of sp³-hybridized carbons (Fsp3) is 0.357. The second kappa shape index (κ2) is 6.59. The van der Waals surface area contributed by atoms with Crippen molar-refractivity contribution < 1.29 is 17.9 Å². The summed E-state index contributed by atoms with van der Waals surface area (Å²) >= 11 is 0. The number of nitrogens with zero attached hydrogens (tertiary/aromatic N) is 3. The lowest BCUT2D eigenvalue weighted by molar-refractivity contribution is -0.141. The van der Waals surface area contributed by atoms with Crippen LogP contribution < -0.4 is 10.1 Å². The van der Waals surface area contributed by atoms with Gasteiger partial charge in [-0.15, -0.1) is 0 Å². The van der Waals surface area contributed by atoms with Crippen LogP contribution in [0.2, 0.25) is 0 Å². The molecule has 0 aliphatic rings. The highest BCUT2D eigenvalue weighted by Gasteiger charge is 2.32. The molecule has 0 spiro atoms. The molecule has 0 unspecified atom stereocenters. The van der Waals surface area contributed by atoms with Crippen LogP contribution in [0.4, 0.5) is 19.1 Å². The third kappa shape index (κ3) is 4.57. The van der Waals surface area contributed by atoms with E-state index >= 15 is 0 Å². The van der Waals surface area contributed by atoms with Crippen LogP contribution in [0.3, 0.4) is 0 Å². The van der Waals surface area contributed by atoms with E-state index in [0.29, 0.717) is 5.88 Å². The summed E-state index contributed by atoms with van der Waals surface area (Å²) in [7, 11) is 0. The van der Waals surface area contributed by atoms with Crippen LogP contribution in [0.1, 0.15) is 25.1 Å². The molecule has 2 aromatic heterocycles. The summed E-state index contributed by atoms with van der Waals surface area (Å²) in [4.78, 5) is 11.3. The average molecular weight is 312 g/mol. The molecule has 0 saturated heterocycles. The smallest absolute Gasteiger partial charge is 0.433 e. The zero-order valence-electron chi connectivity index (χ0n) is 12.1. The lowest BCUT2D eigenvalue weighted by Crippen LogP contribution is -2.11. The van der Waals surface area contributed by atoms with Crippen LogP contribution in [0, 0.1) is 0 Å². The molecule has 0 aliphatic carbocycles. The van der Waals surface area contributed by atoms with Gasteiger partial charge in [0.15, 0.2) is 0 Å². The van der Waals surface area contributed by atoms with Crippen LogP contribution in [-0.2, 0) is 12.7 Å². The van der Waals surface area contributed by atoms with Crippen LogP contribution in [0.15, 0.2) is 30.6 Å². The molecular formula is C14H15F3N4O. The van der Waals surface area contributed by atoms with Crippen molar-refractivity contribution in [3.05, 3.63) is 41.9 Å². The lowest BCUT2D eigenvalue weighted by atomic mass is 10.3. The van der Waals surface area contributed by atoms with Crippen molar-refractivity contribution in [2.45, 2.75) is 32.7 Å². The number of nitrogens with one attached hydrogen (secondary N) is 1. The van der Waals surface area contributed by atoms with Gasteiger partial charge in [-0.3, -0.25) is 0 Å². The molecule has 0 fully saturated rings. The predicted octanol–water partition coefficient (Wildman–Crippen LogP) is 3.29. The van der Waals surface area contributed by atoms with E-state index in [4.69, 9.17) is 4.74 Å². The first-order chi connectivity index (χ1) is 10.3. The van der Waals surface area contributed by atoms with Crippen LogP contribution in [0.5, 0.6) is 5.88 Å². The highest BCUT2D eigenvalue weighted by atomic mass is 19.4. The van der Waals surface area contributed by atoms with Gasteiger partial charge < -0.3 is 10.1 Å². The molecular weight excluding hydrogens is 297 g/mol. The molecule has 0 aromatic carbocycles. The molecule has 1 N–H and O–H groups in total. The molecule has 0 aliphatic heterocycles. The number of hydrogen-bond acceptors (Lipinski definition) is 5. The molecule has 0 radical (unpaired) electrons. The van der Waals surface area contributed by atoms with E-state index in [2.05, 4.69) is 20.3 Å². The first-order valence-corrected chi connectivity index (χ1v) is 6.60. The molecule has 0 saturated carbocycles. The number of pyridine rings is 1. The van der Waals surface area contributed by atoms with Crippen molar-refractivity contribution in [2.75, 3.05) is 5.32 Å². The Bertz CT molecular complexity index is 614. The number of hydrogen-bond donors (Lipinski definition) is 1. The fourth-order valence-corrected chi connectivity index (χ4v) is 1.61. The summed E-state index contributed by atoms with van der Waals surface area (Å²) < 4.78 is 43.0. The normalized spacial score (nSPS) is 11.5. The zero-order chi connectivity index (χ0) is 16.2. The largest absolute Gasteiger partial charge is 0.475 e. The molecule has 0 atom stereocenters. The maximum atomic E-state index is 12.5. The Morgan fingerprint density at radius 3 is 2.55 bits per heavy atom. The maximum absolute atomic E-state index is 12.5. The van der Waals surface area contributed by atoms with Gasteiger partial charge in [0.2, 0.25) is 11.8 Å². The summed E-state index contributed by atoms with van der Waals surface area (Å²) in [5.74, 6) is 0.409. The molecule has 0 bridgehead atoms. The average Bonchev–Trinajstić information content (AvgIpc) is 2.45. The topological polar surface area (TPSA) is 59.9 Å². The SMILES string of the molecule is CC(C)Oc1ccc(CNc2nccc(C(F)(F)F)n2)cn1. The van der Waals surface area contributed by atoms with Gasteiger partial charge in [0.05, 0.1) is 6.10 Å². The second-order valence-corrected chi connectivity index (χ2v) is 4.79. The number of anilines is 1. The van der Waals surface area contributed by atoms with Gasteiger partial charge >= 0.3 is 6.18 Å². The Hall–Kier alpha value is -2.38. The summed E-state index contributed by atoms with van der Waals surface area (Å²) in [5, 5.41) is 2.73. The number of ether oxygens (including phenoxy) is 1. The minimum atomic E-state index is -4.49. The molecule has 22 heavy (non-hydrogen) atoms. The standard InChI is InChI=1S/C14H15F3N4O/c1-9(2)22-12-4-3-10(7-19-12)8-20-13-18-6-5-11(21-13)14(15,16)17/h3-7,9H,8H2,1-2H3,(H,18,20,21). The highest BCUT2D eigenvalue weighted by Crippen LogP contribution is 2.27. The minimum absolute atomic E-state index is 0.0231. The molecule has 2 aromatic rings. The molecule has 118 valence electrons. The number of rotatable bonds is 5. The van der Waals surface area contributed by atoms with Crippen molar-refractivity contribution in [2.24, 2.45) is 0 Å². The van der Waals surface area contributed by atoms with E-state index in [1.165, 1.54) is 0 Å². The van der Waals surface area contributed by atoms with E-state index in [0.717, 1.165) is 17.8 Å². The summed E-state index contributed by atoms with van der Waals surface area (Å²) in [6.07, 6.45) is -1.82. The van der Waals surface area contributed by atoms with Gasteiger partial charge in [-0.1, -0.05) is 6.07 Å². The second-order valence-electron chi connectivity index (χ2n) is 4.79. The highest BCUT2D eigenvalue weighted by molar-refractivity contribution is 5.29. The van der Waals surface area contributed by atoms with Crippen LogP contribution in [-0.4, -0.2) is 21.1 Å². The maximum Gasteiger partial charge on any atom is 0.433 e. The minimum Gasteiger partial charge on any atom is -0.475 e. The van der Waals surface area contributed by atoms with Gasteiger partial charge in [-0.25, -0.2) is 15.0 Å². The van der Waals surface area contributed by atoms with E-state index in [1.54, 1.807) is 18.3 Å².